The van der Waals surface area contributed by atoms with Crippen LogP contribution in [-0.4, -0.2) is 196 Å². The predicted octanol–water partition coefficient (Wildman–Crippen LogP) is 0.151. The van der Waals surface area contributed by atoms with Crippen LogP contribution >= 0.6 is 23.5 Å². The third-order valence-electron chi connectivity index (χ3n) is 14.3. The zero-order valence-electron chi connectivity index (χ0n) is 48.9. The second kappa shape index (κ2) is 37.8. The molecule has 0 saturated carbocycles. The van der Waals surface area contributed by atoms with Gasteiger partial charge in [0.05, 0.1) is 6.04 Å². The SMILES string of the molecule is CSCC[C@H](NC(=O)[C@@H]1CCCN1C(=O)[C@H](CCCCN)NC(=O)[C@H](CC(C)C)NC(=O)[C@H](CCSC)NC(=O)[C@@H]1CCCN1C(=O)[C@@H](N)C(C)C)C(=O)N[C@@H](CC(C)C)C(=O)N[C@@H](CCCCN)C(=O)N[C@@H](CCC(=O)O)C(=O)O. The van der Waals surface area contributed by atoms with Crippen molar-refractivity contribution in [1.82, 2.24) is 47.0 Å². The molecule has 0 aliphatic carbocycles. The highest BCUT2D eigenvalue weighted by Gasteiger charge is 2.42. The van der Waals surface area contributed by atoms with Crippen LogP contribution in [0.15, 0.2) is 0 Å². The van der Waals surface area contributed by atoms with Crippen molar-refractivity contribution in [2.45, 2.75) is 205 Å². The van der Waals surface area contributed by atoms with Gasteiger partial charge in [0.15, 0.2) is 0 Å². The first-order chi connectivity index (χ1) is 38.3. The van der Waals surface area contributed by atoms with Crippen LogP contribution in [0, 0.1) is 17.8 Å². The van der Waals surface area contributed by atoms with Gasteiger partial charge in [-0.05, 0) is 151 Å². The molecular formula is C54H96N12O13S2. The van der Waals surface area contributed by atoms with E-state index in [2.05, 4.69) is 37.2 Å². The van der Waals surface area contributed by atoms with Crippen LogP contribution in [0.5, 0.6) is 0 Å². The van der Waals surface area contributed by atoms with Gasteiger partial charge in [-0.3, -0.25) is 47.9 Å². The maximum atomic E-state index is 14.7. The Bertz CT molecular complexity index is 2090. The Kier molecular flexibility index (Phi) is 33.5. The average Bonchev–Trinajstić information content (AvgIpc) is 4.21. The molecule has 2 saturated heterocycles. The highest BCUT2D eigenvalue weighted by molar-refractivity contribution is 7.98. The van der Waals surface area contributed by atoms with E-state index in [0.717, 1.165) is 0 Å². The number of rotatable bonds is 39. The van der Waals surface area contributed by atoms with E-state index in [1.54, 1.807) is 0 Å². The number of carboxylic acid groups (broad SMARTS) is 2. The van der Waals surface area contributed by atoms with E-state index in [-0.39, 0.29) is 81.7 Å². The van der Waals surface area contributed by atoms with Crippen molar-refractivity contribution in [2.75, 3.05) is 50.2 Å². The number of unbranched alkanes of at least 4 members (excludes halogenated alkanes) is 2. The van der Waals surface area contributed by atoms with Crippen molar-refractivity contribution in [3.8, 4) is 0 Å². The standard InChI is InChI=1S/C54H96N12O13S2/c1-31(2)29-39(48(72)58-34(15-9-11-23-55)45(69)62-38(54(78)79)19-20-43(67)68)63-46(70)35(21-27-80-7)59-50(74)41-17-13-25-65(41)52(76)37(16-10-12-24-56)61-49(73)40(30-32(3)4)64-47(71)36(22-28-81-8)60-51(75)42-18-14-26-66(42)53(77)44(57)33(5)6/h31-42,44H,9-30,55-57H2,1-8H3,(H,58,72)(H,59,74)(H,60,75)(H,61,73)(H,62,69)(H,63,70)(H,64,71)(H,67,68)(H,78,79)/t34-,35-,36-,37-,38-,39-,40-,41-,42-,44-/m0/s1. The smallest absolute Gasteiger partial charge is 0.326 e. The minimum Gasteiger partial charge on any atom is -0.481 e. The van der Waals surface area contributed by atoms with Gasteiger partial charge in [-0.25, -0.2) is 4.79 Å². The van der Waals surface area contributed by atoms with Crippen LogP contribution in [-0.2, 0) is 52.7 Å². The van der Waals surface area contributed by atoms with Gasteiger partial charge >= 0.3 is 11.9 Å². The van der Waals surface area contributed by atoms with Crippen molar-refractivity contribution >= 4 is 88.6 Å². The molecule has 0 radical (unpaired) electrons. The number of nitrogens with one attached hydrogen (secondary N) is 7. The summed E-state index contributed by atoms with van der Waals surface area (Å²) in [6.07, 6.45) is 6.99. The van der Waals surface area contributed by atoms with E-state index in [0.29, 0.717) is 69.5 Å². The Morgan fingerprint density at radius 3 is 1.25 bits per heavy atom. The van der Waals surface area contributed by atoms with Crippen molar-refractivity contribution in [1.29, 1.82) is 0 Å². The molecule has 2 aliphatic heterocycles. The number of hydrogen-bond donors (Lipinski definition) is 12. The molecule has 0 aromatic carbocycles. The second-order valence-electron chi connectivity index (χ2n) is 22.2. The largest absolute Gasteiger partial charge is 0.481 e. The van der Waals surface area contributed by atoms with E-state index in [1.165, 1.54) is 33.3 Å². The molecule has 15 N–H and O–H groups in total. The van der Waals surface area contributed by atoms with Crippen LogP contribution in [0.3, 0.4) is 0 Å². The van der Waals surface area contributed by atoms with Gasteiger partial charge in [0, 0.05) is 19.5 Å². The number of nitrogens with two attached hydrogens (primary N) is 3. The molecule has 0 bridgehead atoms. The molecule has 2 rings (SSSR count). The molecule has 10 atom stereocenters. The van der Waals surface area contributed by atoms with Crippen LogP contribution in [0.1, 0.15) is 144 Å². The lowest BCUT2D eigenvalue weighted by Gasteiger charge is -2.32. The zero-order chi connectivity index (χ0) is 60.9. The van der Waals surface area contributed by atoms with E-state index in [1.807, 2.05) is 54.1 Å². The summed E-state index contributed by atoms with van der Waals surface area (Å²) in [5.41, 5.74) is 17.7. The van der Waals surface area contributed by atoms with E-state index < -0.39 is 132 Å². The lowest BCUT2D eigenvalue weighted by Crippen LogP contribution is -2.60. The van der Waals surface area contributed by atoms with Crippen LogP contribution < -0.4 is 54.4 Å². The monoisotopic (exact) mass is 1180 g/mol. The fourth-order valence-electron chi connectivity index (χ4n) is 9.63. The van der Waals surface area contributed by atoms with Crippen LogP contribution in [0.2, 0.25) is 0 Å². The Balaban J connectivity index is 2.37. The van der Waals surface area contributed by atoms with Gasteiger partial charge in [0.1, 0.15) is 54.4 Å². The minimum atomic E-state index is -1.55. The quantitative estimate of drug-likeness (QED) is 0.0365. The molecule has 27 heteroatoms. The Labute approximate surface area is 486 Å². The number of aliphatic carboxylic acids is 2. The molecule has 81 heavy (non-hydrogen) atoms. The lowest BCUT2D eigenvalue weighted by atomic mass is 10.0. The lowest BCUT2D eigenvalue weighted by molar-refractivity contribution is -0.143. The average molecular weight is 1190 g/mol. The normalized spacial score (nSPS) is 18.2. The highest BCUT2D eigenvalue weighted by atomic mass is 32.2. The van der Waals surface area contributed by atoms with Crippen molar-refractivity contribution in [2.24, 2.45) is 35.0 Å². The van der Waals surface area contributed by atoms with Gasteiger partial charge in [-0.15, -0.1) is 0 Å². The summed E-state index contributed by atoms with van der Waals surface area (Å²) in [7, 11) is 0. The third kappa shape index (κ3) is 25.0. The second-order valence-corrected chi connectivity index (χ2v) is 24.2. The van der Waals surface area contributed by atoms with Crippen LogP contribution in [0.25, 0.3) is 0 Å². The first-order valence-corrected chi connectivity index (χ1v) is 31.4. The Morgan fingerprint density at radius 1 is 0.494 bits per heavy atom. The Morgan fingerprint density at radius 2 is 0.864 bits per heavy atom. The van der Waals surface area contributed by atoms with Gasteiger partial charge in [0.2, 0.25) is 53.2 Å². The summed E-state index contributed by atoms with van der Waals surface area (Å²) in [6.45, 7) is 12.1. The Hall–Kier alpha value is -5.25. The molecular weight excluding hydrogens is 1090 g/mol. The minimum absolute atomic E-state index is 0.0541. The molecule has 9 amide bonds. The number of amides is 9. The fourth-order valence-corrected chi connectivity index (χ4v) is 10.6. The zero-order valence-corrected chi connectivity index (χ0v) is 50.5. The molecule has 2 aliphatic rings. The molecule has 0 aromatic rings. The molecule has 25 nitrogen and oxygen atoms in total. The number of carbonyl (C=O) groups excluding carboxylic acids is 9. The van der Waals surface area contributed by atoms with Crippen molar-refractivity contribution < 1.29 is 63.0 Å². The summed E-state index contributed by atoms with van der Waals surface area (Å²) < 4.78 is 0. The molecule has 2 fully saturated rings. The van der Waals surface area contributed by atoms with Gasteiger partial charge in [-0.1, -0.05) is 41.5 Å². The van der Waals surface area contributed by atoms with Crippen LogP contribution in [0.4, 0.5) is 0 Å². The summed E-state index contributed by atoms with van der Waals surface area (Å²) in [5.74, 6) is -7.85. The molecule has 2 heterocycles. The van der Waals surface area contributed by atoms with E-state index in [4.69, 9.17) is 22.3 Å². The molecule has 462 valence electrons. The highest BCUT2D eigenvalue weighted by Crippen LogP contribution is 2.23. The summed E-state index contributed by atoms with van der Waals surface area (Å²) >= 11 is 2.88. The molecule has 0 spiro atoms. The summed E-state index contributed by atoms with van der Waals surface area (Å²) in [5, 5.41) is 37.9. The molecule has 0 unspecified atom stereocenters. The summed E-state index contributed by atoms with van der Waals surface area (Å²) in [4.78, 5) is 152. The number of carboxylic acids is 2. The van der Waals surface area contributed by atoms with Crippen molar-refractivity contribution in [3.63, 3.8) is 0 Å². The fraction of sp³-hybridized carbons (Fsp3) is 0.796. The number of nitrogens with zero attached hydrogens (tertiary/aromatic N) is 2. The van der Waals surface area contributed by atoms with E-state index in [9.17, 15) is 57.8 Å². The molecule has 0 aromatic heterocycles. The first kappa shape index (κ1) is 71.9. The maximum absolute atomic E-state index is 14.7. The third-order valence-corrected chi connectivity index (χ3v) is 15.5. The number of hydrogen-bond acceptors (Lipinski definition) is 16. The van der Waals surface area contributed by atoms with Gasteiger partial charge in [0.25, 0.3) is 0 Å². The van der Waals surface area contributed by atoms with E-state index >= 15 is 0 Å². The number of thioether (sulfide) groups is 2. The predicted molar refractivity (Wildman–Crippen MR) is 311 cm³/mol. The number of likely N-dealkylation sites (tertiary alicyclic amines) is 2. The maximum Gasteiger partial charge on any atom is 0.326 e. The number of carbonyl (C=O) groups is 11. The van der Waals surface area contributed by atoms with Gasteiger partial charge < -0.3 is 74.4 Å². The first-order valence-electron chi connectivity index (χ1n) is 28.6. The topological polar surface area (TPSA) is 397 Å². The summed E-state index contributed by atoms with van der Waals surface area (Å²) in [6, 6.07) is -11.2. The van der Waals surface area contributed by atoms with Gasteiger partial charge in [-0.2, -0.15) is 23.5 Å². The van der Waals surface area contributed by atoms with Crippen molar-refractivity contribution in [3.05, 3.63) is 0 Å².